The zero-order valence-electron chi connectivity index (χ0n) is 10.2. The van der Waals surface area contributed by atoms with Gasteiger partial charge in [-0.1, -0.05) is 30.3 Å². The van der Waals surface area contributed by atoms with E-state index in [9.17, 15) is 0 Å². The van der Waals surface area contributed by atoms with Crippen LogP contribution in [0.1, 0.15) is 18.4 Å². The van der Waals surface area contributed by atoms with E-state index in [1.807, 2.05) is 18.2 Å². The summed E-state index contributed by atoms with van der Waals surface area (Å²) in [6.45, 7) is 2.90. The average molecular weight is 235 g/mol. The minimum atomic E-state index is 0.264. The molecule has 2 atom stereocenters. The van der Waals surface area contributed by atoms with Crippen molar-refractivity contribution in [3.05, 3.63) is 35.9 Å². The van der Waals surface area contributed by atoms with E-state index >= 15 is 0 Å². The summed E-state index contributed by atoms with van der Waals surface area (Å²) >= 11 is 0. The molecule has 1 aliphatic rings. The van der Waals surface area contributed by atoms with Crippen LogP contribution in [-0.4, -0.2) is 25.9 Å². The summed E-state index contributed by atoms with van der Waals surface area (Å²) in [6, 6.07) is 10.3. The predicted molar refractivity (Wildman–Crippen MR) is 67.6 cm³/mol. The molecule has 1 unspecified atom stereocenters. The van der Waals surface area contributed by atoms with Gasteiger partial charge < -0.3 is 15.2 Å². The number of ether oxygens (including phenoxy) is 2. The van der Waals surface area contributed by atoms with Crippen LogP contribution in [0.2, 0.25) is 0 Å². The van der Waals surface area contributed by atoms with Gasteiger partial charge in [0.25, 0.3) is 0 Å². The number of benzene rings is 1. The molecule has 0 amide bonds. The first-order chi connectivity index (χ1) is 8.38. The van der Waals surface area contributed by atoms with Crippen molar-refractivity contribution in [1.82, 2.24) is 0 Å². The van der Waals surface area contributed by atoms with Crippen LogP contribution >= 0.6 is 0 Å². The van der Waals surface area contributed by atoms with E-state index in [0.717, 1.165) is 26.1 Å². The van der Waals surface area contributed by atoms with E-state index < -0.39 is 0 Å². The molecule has 3 nitrogen and oxygen atoms in total. The van der Waals surface area contributed by atoms with Crippen LogP contribution in [0, 0.1) is 5.92 Å². The molecule has 17 heavy (non-hydrogen) atoms. The molecule has 3 heteroatoms. The third kappa shape index (κ3) is 4.11. The summed E-state index contributed by atoms with van der Waals surface area (Å²) in [6.07, 6.45) is 2.49. The molecule has 1 aliphatic heterocycles. The van der Waals surface area contributed by atoms with Gasteiger partial charge in [0.15, 0.2) is 0 Å². The first-order valence-corrected chi connectivity index (χ1v) is 6.32. The smallest absolute Gasteiger partial charge is 0.0717 e. The van der Waals surface area contributed by atoms with Gasteiger partial charge in [-0.25, -0.2) is 0 Å². The molecule has 0 spiro atoms. The summed E-state index contributed by atoms with van der Waals surface area (Å²) in [7, 11) is 0. The molecule has 0 aromatic heterocycles. The lowest BCUT2D eigenvalue weighted by atomic mass is 9.99. The lowest BCUT2D eigenvalue weighted by Gasteiger charge is -2.28. The highest BCUT2D eigenvalue weighted by molar-refractivity contribution is 5.13. The molecule has 1 heterocycles. The normalized spacial score (nSPS) is 24.8. The van der Waals surface area contributed by atoms with Crippen LogP contribution < -0.4 is 5.73 Å². The Morgan fingerprint density at radius 2 is 2.06 bits per heavy atom. The fraction of sp³-hybridized carbons (Fsp3) is 0.571. The highest BCUT2D eigenvalue weighted by atomic mass is 16.5. The SMILES string of the molecule is NCC1CC[C@H](COCc2ccccc2)CO1. The van der Waals surface area contributed by atoms with Crippen molar-refractivity contribution in [3.63, 3.8) is 0 Å². The van der Waals surface area contributed by atoms with E-state index in [1.54, 1.807) is 0 Å². The predicted octanol–water partition coefficient (Wildman–Crippen LogP) is 1.96. The molecule has 94 valence electrons. The standard InChI is InChI=1S/C14H21NO2/c15-8-14-7-6-13(11-17-14)10-16-9-12-4-2-1-3-5-12/h1-5,13-14H,6-11,15H2/t13-,14?/m1/s1. The van der Waals surface area contributed by atoms with Gasteiger partial charge in [-0.3, -0.25) is 0 Å². The Balaban J connectivity index is 1.63. The lowest BCUT2D eigenvalue weighted by molar-refractivity contribution is -0.0403. The number of hydrogen-bond acceptors (Lipinski definition) is 3. The Kier molecular flexibility index (Phi) is 4.98. The highest BCUT2D eigenvalue weighted by Gasteiger charge is 2.20. The molecular weight excluding hydrogens is 214 g/mol. The minimum Gasteiger partial charge on any atom is -0.377 e. The van der Waals surface area contributed by atoms with Crippen LogP contribution in [0.25, 0.3) is 0 Å². The molecule has 1 aromatic carbocycles. The fourth-order valence-corrected chi connectivity index (χ4v) is 2.10. The molecule has 0 aliphatic carbocycles. The second-order valence-electron chi connectivity index (χ2n) is 4.64. The monoisotopic (exact) mass is 235 g/mol. The van der Waals surface area contributed by atoms with Gasteiger partial charge in [0, 0.05) is 12.5 Å². The average Bonchev–Trinajstić information content (AvgIpc) is 2.41. The Hall–Kier alpha value is -0.900. The van der Waals surface area contributed by atoms with Crippen LogP contribution in [0.3, 0.4) is 0 Å². The maximum absolute atomic E-state index is 5.72. The largest absolute Gasteiger partial charge is 0.377 e. The maximum Gasteiger partial charge on any atom is 0.0717 e. The molecule has 2 rings (SSSR count). The van der Waals surface area contributed by atoms with E-state index in [-0.39, 0.29) is 6.10 Å². The van der Waals surface area contributed by atoms with Crippen LogP contribution in [0.4, 0.5) is 0 Å². The molecule has 1 fully saturated rings. The first-order valence-electron chi connectivity index (χ1n) is 6.32. The lowest BCUT2D eigenvalue weighted by Crippen LogP contribution is -2.33. The van der Waals surface area contributed by atoms with Gasteiger partial charge in [-0.05, 0) is 18.4 Å². The topological polar surface area (TPSA) is 44.5 Å². The summed E-state index contributed by atoms with van der Waals surface area (Å²) in [5.74, 6) is 0.529. The van der Waals surface area contributed by atoms with Crippen molar-refractivity contribution in [2.75, 3.05) is 19.8 Å². The number of nitrogens with two attached hydrogens (primary N) is 1. The van der Waals surface area contributed by atoms with E-state index in [1.165, 1.54) is 5.56 Å². The quantitative estimate of drug-likeness (QED) is 0.848. The van der Waals surface area contributed by atoms with Crippen LogP contribution in [0.5, 0.6) is 0 Å². The molecule has 1 saturated heterocycles. The molecule has 0 saturated carbocycles. The van der Waals surface area contributed by atoms with Crippen molar-refractivity contribution < 1.29 is 9.47 Å². The highest BCUT2D eigenvalue weighted by Crippen LogP contribution is 2.18. The van der Waals surface area contributed by atoms with E-state index in [0.29, 0.717) is 19.1 Å². The zero-order chi connectivity index (χ0) is 11.9. The Morgan fingerprint density at radius 1 is 1.24 bits per heavy atom. The van der Waals surface area contributed by atoms with Crippen LogP contribution in [-0.2, 0) is 16.1 Å². The van der Waals surface area contributed by atoms with Crippen molar-refractivity contribution in [3.8, 4) is 0 Å². The van der Waals surface area contributed by atoms with Gasteiger partial charge in [0.2, 0.25) is 0 Å². The summed E-state index contributed by atoms with van der Waals surface area (Å²) in [4.78, 5) is 0. The van der Waals surface area contributed by atoms with Gasteiger partial charge in [0.05, 0.1) is 25.9 Å². The Morgan fingerprint density at radius 3 is 2.71 bits per heavy atom. The van der Waals surface area contributed by atoms with E-state index in [2.05, 4.69) is 12.1 Å². The van der Waals surface area contributed by atoms with Crippen molar-refractivity contribution in [1.29, 1.82) is 0 Å². The zero-order valence-corrected chi connectivity index (χ0v) is 10.2. The second kappa shape index (κ2) is 6.74. The number of hydrogen-bond donors (Lipinski definition) is 1. The third-order valence-electron chi connectivity index (χ3n) is 3.19. The van der Waals surface area contributed by atoms with Gasteiger partial charge in [-0.15, -0.1) is 0 Å². The van der Waals surface area contributed by atoms with Crippen molar-refractivity contribution in [2.45, 2.75) is 25.6 Å². The molecule has 1 aromatic rings. The molecule has 0 radical (unpaired) electrons. The van der Waals surface area contributed by atoms with Crippen LogP contribution in [0.15, 0.2) is 30.3 Å². The maximum atomic E-state index is 5.72. The summed E-state index contributed by atoms with van der Waals surface area (Å²) in [5, 5.41) is 0. The summed E-state index contributed by atoms with van der Waals surface area (Å²) < 4.78 is 11.4. The second-order valence-corrected chi connectivity index (χ2v) is 4.64. The molecular formula is C14H21NO2. The van der Waals surface area contributed by atoms with Gasteiger partial charge in [-0.2, -0.15) is 0 Å². The molecule has 0 bridgehead atoms. The van der Waals surface area contributed by atoms with Crippen molar-refractivity contribution >= 4 is 0 Å². The third-order valence-corrected chi connectivity index (χ3v) is 3.19. The van der Waals surface area contributed by atoms with Crippen molar-refractivity contribution in [2.24, 2.45) is 11.7 Å². The minimum absolute atomic E-state index is 0.264. The Labute approximate surface area is 103 Å². The number of rotatable bonds is 5. The van der Waals surface area contributed by atoms with E-state index in [4.69, 9.17) is 15.2 Å². The molecule has 2 N–H and O–H groups in total. The first kappa shape index (κ1) is 12.6. The summed E-state index contributed by atoms with van der Waals surface area (Å²) in [5.41, 5.74) is 6.79. The Bertz CT molecular complexity index is 307. The van der Waals surface area contributed by atoms with Gasteiger partial charge >= 0.3 is 0 Å². The fourth-order valence-electron chi connectivity index (χ4n) is 2.10. The van der Waals surface area contributed by atoms with Gasteiger partial charge in [0.1, 0.15) is 0 Å².